The maximum Gasteiger partial charge on any atom is 0.262 e. The molecule has 3 aromatic carbocycles. The van der Waals surface area contributed by atoms with Crippen molar-refractivity contribution >= 4 is 73.7 Å². The first-order chi connectivity index (χ1) is 16.1. The van der Waals surface area contributed by atoms with Crippen molar-refractivity contribution in [1.82, 2.24) is 0 Å². The third-order valence-electron chi connectivity index (χ3n) is 4.27. The van der Waals surface area contributed by atoms with Gasteiger partial charge in [-0.25, -0.2) is 8.42 Å². The Bertz CT molecular complexity index is 1300. The summed E-state index contributed by atoms with van der Waals surface area (Å²) < 4.78 is 38.6. The van der Waals surface area contributed by atoms with E-state index in [0.717, 1.165) is 0 Å². The van der Waals surface area contributed by atoms with Crippen LogP contribution in [-0.4, -0.2) is 27.5 Å². The SMILES string of the molecule is CCOc1ccc(NS(=O)(=O)c2ccc(OCC(=O)Nc3cc(Cl)c(Cl)cc3Cl)c(Cl)c2)cc1. The number of carbonyl (C=O) groups is 1. The molecule has 3 aromatic rings. The highest BCUT2D eigenvalue weighted by Gasteiger charge is 2.17. The highest BCUT2D eigenvalue weighted by atomic mass is 35.5. The summed E-state index contributed by atoms with van der Waals surface area (Å²) in [6, 6.07) is 13.2. The van der Waals surface area contributed by atoms with Gasteiger partial charge < -0.3 is 14.8 Å². The van der Waals surface area contributed by atoms with Crippen molar-refractivity contribution in [1.29, 1.82) is 0 Å². The van der Waals surface area contributed by atoms with Gasteiger partial charge in [0.2, 0.25) is 0 Å². The lowest BCUT2D eigenvalue weighted by molar-refractivity contribution is -0.118. The van der Waals surface area contributed by atoms with E-state index in [1.54, 1.807) is 24.3 Å². The summed E-state index contributed by atoms with van der Waals surface area (Å²) in [5.41, 5.74) is 0.620. The van der Waals surface area contributed by atoms with Gasteiger partial charge in [0.25, 0.3) is 15.9 Å². The van der Waals surface area contributed by atoms with Gasteiger partial charge in [0.15, 0.2) is 6.61 Å². The number of nitrogens with one attached hydrogen (secondary N) is 2. The predicted octanol–water partition coefficient (Wildman–Crippen LogP) is 6.52. The molecule has 0 aliphatic carbocycles. The minimum absolute atomic E-state index is 0.00920. The quantitative estimate of drug-likeness (QED) is 0.289. The Kier molecular flexibility index (Phi) is 8.78. The summed E-state index contributed by atoms with van der Waals surface area (Å²) in [4.78, 5) is 12.1. The molecular weight excluding hydrogens is 546 g/mol. The van der Waals surface area contributed by atoms with Crippen molar-refractivity contribution < 1.29 is 22.7 Å². The lowest BCUT2D eigenvalue weighted by atomic mass is 10.3. The summed E-state index contributed by atoms with van der Waals surface area (Å²) >= 11 is 24.0. The van der Waals surface area contributed by atoms with Gasteiger partial charge in [-0.15, -0.1) is 0 Å². The average Bonchev–Trinajstić information content (AvgIpc) is 2.78. The summed E-state index contributed by atoms with van der Waals surface area (Å²) in [7, 11) is -3.91. The second-order valence-electron chi connectivity index (χ2n) is 6.74. The average molecular weight is 564 g/mol. The Labute approximate surface area is 216 Å². The van der Waals surface area contributed by atoms with Crippen molar-refractivity contribution in [2.75, 3.05) is 23.3 Å². The number of halogens is 4. The fourth-order valence-electron chi connectivity index (χ4n) is 2.71. The van der Waals surface area contributed by atoms with Gasteiger partial charge >= 0.3 is 0 Å². The number of carbonyl (C=O) groups excluding carboxylic acids is 1. The van der Waals surface area contributed by atoms with Crippen LogP contribution in [0.2, 0.25) is 20.1 Å². The number of anilines is 2. The van der Waals surface area contributed by atoms with Gasteiger partial charge in [-0.05, 0) is 61.5 Å². The number of hydrogen-bond donors (Lipinski definition) is 2. The molecule has 0 saturated carbocycles. The predicted molar refractivity (Wildman–Crippen MR) is 135 cm³/mol. The largest absolute Gasteiger partial charge is 0.494 e. The molecule has 0 spiro atoms. The first-order valence-electron chi connectivity index (χ1n) is 9.71. The highest BCUT2D eigenvalue weighted by Crippen LogP contribution is 2.32. The van der Waals surface area contributed by atoms with Crippen molar-refractivity contribution in [3.05, 3.63) is 74.7 Å². The zero-order valence-corrected chi connectivity index (χ0v) is 21.4. The lowest BCUT2D eigenvalue weighted by Gasteiger charge is -2.12. The van der Waals surface area contributed by atoms with E-state index < -0.39 is 22.5 Å². The van der Waals surface area contributed by atoms with Gasteiger partial charge in [-0.3, -0.25) is 9.52 Å². The molecule has 0 aromatic heterocycles. The van der Waals surface area contributed by atoms with Crippen LogP contribution in [-0.2, 0) is 14.8 Å². The molecule has 0 bridgehead atoms. The van der Waals surface area contributed by atoms with Crippen LogP contribution in [0.25, 0.3) is 0 Å². The first kappa shape index (κ1) is 26.2. The van der Waals surface area contributed by atoms with Crippen LogP contribution in [0.4, 0.5) is 11.4 Å². The second kappa shape index (κ2) is 11.4. The van der Waals surface area contributed by atoms with E-state index in [2.05, 4.69) is 10.0 Å². The van der Waals surface area contributed by atoms with Crippen molar-refractivity contribution in [2.24, 2.45) is 0 Å². The fraction of sp³-hybridized carbons (Fsp3) is 0.136. The monoisotopic (exact) mass is 562 g/mol. The molecule has 2 N–H and O–H groups in total. The van der Waals surface area contributed by atoms with E-state index in [9.17, 15) is 13.2 Å². The van der Waals surface area contributed by atoms with E-state index >= 15 is 0 Å². The molecular formula is C22H18Cl4N2O5S. The van der Waals surface area contributed by atoms with Crippen LogP contribution in [0, 0.1) is 0 Å². The summed E-state index contributed by atoms with van der Waals surface area (Å²) in [6.45, 7) is 1.95. The van der Waals surface area contributed by atoms with Crippen LogP contribution in [0.3, 0.4) is 0 Å². The third-order valence-corrected chi connectivity index (χ3v) is 6.98. The Hall–Kier alpha value is -2.36. The topological polar surface area (TPSA) is 93.7 Å². The Balaban J connectivity index is 1.64. The second-order valence-corrected chi connectivity index (χ2v) is 10.0. The molecule has 0 atom stereocenters. The Morgan fingerprint density at radius 1 is 0.853 bits per heavy atom. The van der Waals surface area contributed by atoms with E-state index in [1.807, 2.05) is 6.92 Å². The van der Waals surface area contributed by atoms with Gasteiger partial charge in [0.1, 0.15) is 11.5 Å². The molecule has 0 aliphatic rings. The zero-order chi connectivity index (χ0) is 24.9. The molecule has 0 heterocycles. The number of sulfonamides is 1. The summed E-state index contributed by atoms with van der Waals surface area (Å²) in [5.74, 6) is 0.211. The molecule has 12 heteroatoms. The molecule has 180 valence electrons. The van der Waals surface area contributed by atoms with Gasteiger partial charge in [-0.2, -0.15) is 0 Å². The van der Waals surface area contributed by atoms with Gasteiger partial charge in [0.05, 0.1) is 37.3 Å². The molecule has 34 heavy (non-hydrogen) atoms. The van der Waals surface area contributed by atoms with Crippen molar-refractivity contribution in [2.45, 2.75) is 11.8 Å². The molecule has 0 radical (unpaired) electrons. The maximum atomic E-state index is 12.7. The Morgan fingerprint density at radius 2 is 1.53 bits per heavy atom. The fourth-order valence-corrected chi connectivity index (χ4v) is 4.69. The molecule has 0 saturated heterocycles. The third kappa shape index (κ3) is 6.84. The van der Waals surface area contributed by atoms with Crippen molar-refractivity contribution in [3.8, 4) is 11.5 Å². The van der Waals surface area contributed by atoms with E-state index in [1.165, 1.54) is 30.3 Å². The Morgan fingerprint density at radius 3 is 2.18 bits per heavy atom. The van der Waals surface area contributed by atoms with Crippen LogP contribution in [0.15, 0.2) is 59.5 Å². The minimum Gasteiger partial charge on any atom is -0.494 e. The molecule has 1 amide bonds. The van der Waals surface area contributed by atoms with Crippen LogP contribution in [0.1, 0.15) is 6.92 Å². The molecule has 7 nitrogen and oxygen atoms in total. The maximum absolute atomic E-state index is 12.7. The summed E-state index contributed by atoms with van der Waals surface area (Å²) in [5, 5.41) is 3.23. The lowest BCUT2D eigenvalue weighted by Crippen LogP contribution is -2.20. The first-order valence-corrected chi connectivity index (χ1v) is 12.7. The standard InChI is InChI=1S/C22H18Cl4N2O5S/c1-2-32-14-5-3-13(4-6-14)28-34(30,31)15-7-8-21(19(26)9-15)33-12-22(29)27-20-11-17(24)16(23)10-18(20)25/h3-11,28H,2,12H2,1H3,(H,27,29). The van der Waals surface area contributed by atoms with Crippen LogP contribution < -0.4 is 19.5 Å². The molecule has 0 unspecified atom stereocenters. The van der Waals surface area contributed by atoms with Crippen LogP contribution >= 0.6 is 46.4 Å². The molecule has 0 aliphatic heterocycles. The van der Waals surface area contributed by atoms with Crippen molar-refractivity contribution in [3.63, 3.8) is 0 Å². The van der Waals surface area contributed by atoms with E-state index in [4.69, 9.17) is 55.9 Å². The van der Waals surface area contributed by atoms with Gasteiger partial charge in [-0.1, -0.05) is 46.4 Å². The van der Waals surface area contributed by atoms with Crippen LogP contribution in [0.5, 0.6) is 11.5 Å². The van der Waals surface area contributed by atoms with E-state index in [0.29, 0.717) is 18.0 Å². The smallest absolute Gasteiger partial charge is 0.262 e. The zero-order valence-electron chi connectivity index (χ0n) is 17.6. The van der Waals surface area contributed by atoms with E-state index in [-0.39, 0.29) is 36.4 Å². The normalized spacial score (nSPS) is 11.1. The summed E-state index contributed by atoms with van der Waals surface area (Å²) in [6.07, 6.45) is 0. The highest BCUT2D eigenvalue weighted by molar-refractivity contribution is 7.92. The minimum atomic E-state index is -3.91. The van der Waals surface area contributed by atoms with Gasteiger partial charge in [0, 0.05) is 5.69 Å². The number of rotatable bonds is 9. The number of benzene rings is 3. The molecule has 3 rings (SSSR count). The number of amides is 1. The number of hydrogen-bond acceptors (Lipinski definition) is 5. The molecule has 0 fully saturated rings. The number of ether oxygens (including phenoxy) is 2.